The first kappa shape index (κ1) is 24.0. The summed E-state index contributed by atoms with van der Waals surface area (Å²) in [5.74, 6) is 0. The van der Waals surface area contributed by atoms with E-state index in [-0.39, 0.29) is 5.41 Å². The van der Waals surface area contributed by atoms with Gasteiger partial charge in [-0.3, -0.25) is 0 Å². The van der Waals surface area contributed by atoms with Crippen LogP contribution in [0.25, 0.3) is 55.0 Å². The van der Waals surface area contributed by atoms with Gasteiger partial charge in [0.05, 0.1) is 4.47 Å². The van der Waals surface area contributed by atoms with E-state index in [1.165, 1.54) is 5.56 Å². The van der Waals surface area contributed by atoms with Crippen LogP contribution in [0.3, 0.4) is 0 Å². The van der Waals surface area contributed by atoms with Gasteiger partial charge in [-0.2, -0.15) is 0 Å². The van der Waals surface area contributed by atoms with E-state index >= 15 is 0 Å². The number of aliphatic hydroxyl groups is 1. The number of benzene rings is 5. The normalized spacial score (nSPS) is 16.9. The summed E-state index contributed by atoms with van der Waals surface area (Å²) in [6, 6.07) is 28.9. The molecule has 0 spiro atoms. The highest BCUT2D eigenvalue weighted by Gasteiger charge is 2.47. The largest absolute Gasteiger partial charge is 0.455 e. The van der Waals surface area contributed by atoms with Gasteiger partial charge >= 0.3 is 0 Å². The van der Waals surface area contributed by atoms with E-state index in [1.54, 1.807) is 0 Å². The molecule has 1 aliphatic carbocycles. The molecule has 1 atom stereocenters. The van der Waals surface area contributed by atoms with E-state index < -0.39 is 5.60 Å². The quantitative estimate of drug-likeness (QED) is 0.208. The third-order valence-corrected chi connectivity index (χ3v) is 9.24. The molecular weight excluding hydrogens is 560 g/mol. The van der Waals surface area contributed by atoms with Gasteiger partial charge in [0, 0.05) is 43.8 Å². The smallest absolute Gasteiger partial charge is 0.150 e. The molecule has 196 valence electrons. The number of para-hydroxylation sites is 2. The second kappa shape index (κ2) is 7.87. The number of hydrogen-bond acceptors (Lipinski definition) is 3. The van der Waals surface area contributed by atoms with Crippen molar-refractivity contribution in [2.24, 2.45) is 0 Å². The Morgan fingerprint density at radius 2 is 1.27 bits per heavy atom. The molecular formula is C36H27BrO3. The summed E-state index contributed by atoms with van der Waals surface area (Å²) in [6.07, 6.45) is 0. The van der Waals surface area contributed by atoms with Gasteiger partial charge in [0.2, 0.25) is 0 Å². The van der Waals surface area contributed by atoms with Crippen molar-refractivity contribution in [2.45, 2.75) is 38.7 Å². The maximum atomic E-state index is 13.0. The van der Waals surface area contributed by atoms with Crippen LogP contribution in [-0.4, -0.2) is 5.11 Å². The Labute approximate surface area is 240 Å². The highest BCUT2D eigenvalue weighted by molar-refractivity contribution is 9.10. The molecule has 3 nitrogen and oxygen atoms in total. The van der Waals surface area contributed by atoms with Gasteiger partial charge in [-0.05, 0) is 63.2 Å². The van der Waals surface area contributed by atoms with Crippen LogP contribution in [0.15, 0.2) is 98.2 Å². The van der Waals surface area contributed by atoms with E-state index in [9.17, 15) is 5.11 Å². The predicted octanol–water partition coefficient (Wildman–Crippen LogP) is 10.1. The van der Waals surface area contributed by atoms with Crippen LogP contribution in [0.1, 0.15) is 48.6 Å². The third kappa shape index (κ3) is 2.98. The number of hydrogen-bond donors (Lipinski definition) is 1. The van der Waals surface area contributed by atoms with Crippen LogP contribution < -0.4 is 0 Å². The molecule has 1 aliphatic rings. The second-order valence-corrected chi connectivity index (χ2v) is 12.9. The van der Waals surface area contributed by atoms with E-state index in [4.69, 9.17) is 8.83 Å². The van der Waals surface area contributed by atoms with Gasteiger partial charge < -0.3 is 13.9 Å². The molecule has 1 N–H and O–H groups in total. The molecule has 7 aromatic rings. The van der Waals surface area contributed by atoms with Crippen molar-refractivity contribution in [1.29, 1.82) is 0 Å². The van der Waals surface area contributed by atoms with Gasteiger partial charge in [0.1, 0.15) is 27.9 Å². The molecule has 4 heteroatoms. The van der Waals surface area contributed by atoms with Gasteiger partial charge in [0.25, 0.3) is 0 Å². The Balaban J connectivity index is 1.58. The first-order chi connectivity index (χ1) is 19.2. The zero-order valence-corrected chi connectivity index (χ0v) is 24.3. The zero-order valence-electron chi connectivity index (χ0n) is 22.7. The third-order valence-electron chi connectivity index (χ3n) is 8.65. The Morgan fingerprint density at radius 1 is 0.700 bits per heavy atom. The number of halogens is 1. The van der Waals surface area contributed by atoms with Gasteiger partial charge in [-0.25, -0.2) is 0 Å². The first-order valence-electron chi connectivity index (χ1n) is 13.6. The van der Waals surface area contributed by atoms with Gasteiger partial charge in [0.15, 0.2) is 0 Å². The van der Waals surface area contributed by atoms with Crippen molar-refractivity contribution >= 4 is 59.8 Å². The molecule has 0 saturated carbocycles. The van der Waals surface area contributed by atoms with E-state index in [0.717, 1.165) is 81.7 Å². The average molecular weight is 588 g/mol. The summed E-state index contributed by atoms with van der Waals surface area (Å²) >= 11 is 3.80. The van der Waals surface area contributed by atoms with Crippen LogP contribution in [0.4, 0.5) is 0 Å². The zero-order chi connectivity index (χ0) is 27.6. The lowest BCUT2D eigenvalue weighted by Crippen LogP contribution is -2.26. The van der Waals surface area contributed by atoms with Gasteiger partial charge in [-0.1, -0.05) is 87.5 Å². The lowest BCUT2D eigenvalue weighted by molar-refractivity contribution is 0.130. The number of rotatable bonds is 1. The SMILES string of the molecule is Cc1cc2c(c3oc4ccccc4c13)-c1c(cc(Br)c3oc4ccccc4c13)C2(O)c1ccc(C(C)(C)C)cc1. The molecule has 0 saturated heterocycles. The van der Waals surface area contributed by atoms with Crippen molar-refractivity contribution in [2.75, 3.05) is 0 Å². The van der Waals surface area contributed by atoms with Crippen LogP contribution in [-0.2, 0) is 11.0 Å². The van der Waals surface area contributed by atoms with Gasteiger partial charge in [-0.15, -0.1) is 0 Å². The minimum absolute atomic E-state index is 0.00850. The van der Waals surface area contributed by atoms with Crippen molar-refractivity contribution in [3.8, 4) is 11.1 Å². The minimum Gasteiger partial charge on any atom is -0.455 e. The molecule has 8 rings (SSSR count). The summed E-state index contributed by atoms with van der Waals surface area (Å²) in [6.45, 7) is 8.72. The Hall–Kier alpha value is -3.86. The molecule has 0 radical (unpaired) electrons. The summed E-state index contributed by atoms with van der Waals surface area (Å²) in [7, 11) is 0. The van der Waals surface area contributed by atoms with Crippen LogP contribution in [0.5, 0.6) is 0 Å². The molecule has 5 aromatic carbocycles. The standard InChI is InChI=1S/C36H27BrO3/c1-19-17-24-32(34-29(19)22-9-5-7-11-27(22)40-34)31-25(36(24,38)21-15-13-20(14-16-21)35(2,3)4)18-26(37)33-30(31)23-10-6-8-12-28(23)39-33/h5-18,38H,1-4H3. The molecule has 2 heterocycles. The summed E-state index contributed by atoms with van der Waals surface area (Å²) in [4.78, 5) is 0. The fourth-order valence-corrected chi connectivity index (χ4v) is 7.21. The number of aryl methyl sites for hydroxylation is 1. The summed E-state index contributed by atoms with van der Waals surface area (Å²) in [5.41, 5.74) is 8.51. The van der Waals surface area contributed by atoms with E-state index in [0.29, 0.717) is 0 Å². The Morgan fingerprint density at radius 3 is 1.93 bits per heavy atom. The van der Waals surface area contributed by atoms with Crippen molar-refractivity contribution in [1.82, 2.24) is 0 Å². The van der Waals surface area contributed by atoms with Crippen molar-refractivity contribution < 1.29 is 13.9 Å². The van der Waals surface area contributed by atoms with E-state index in [1.807, 2.05) is 42.5 Å². The maximum absolute atomic E-state index is 13.0. The maximum Gasteiger partial charge on any atom is 0.150 e. The fourth-order valence-electron chi connectivity index (χ4n) is 6.70. The molecule has 0 bridgehead atoms. The summed E-state index contributed by atoms with van der Waals surface area (Å²) < 4.78 is 13.8. The lowest BCUT2D eigenvalue weighted by atomic mass is 9.80. The highest BCUT2D eigenvalue weighted by Crippen LogP contribution is 2.59. The van der Waals surface area contributed by atoms with Crippen LogP contribution in [0.2, 0.25) is 0 Å². The van der Waals surface area contributed by atoms with Crippen molar-refractivity contribution in [3.63, 3.8) is 0 Å². The lowest BCUT2D eigenvalue weighted by Gasteiger charge is -2.28. The monoisotopic (exact) mass is 586 g/mol. The van der Waals surface area contributed by atoms with Crippen LogP contribution in [0, 0.1) is 6.92 Å². The topological polar surface area (TPSA) is 46.5 Å². The molecule has 0 aliphatic heterocycles. The Bertz CT molecular complexity index is 2170. The Kier molecular flexibility index (Phi) is 4.72. The molecule has 0 fully saturated rings. The highest BCUT2D eigenvalue weighted by atomic mass is 79.9. The van der Waals surface area contributed by atoms with Crippen LogP contribution >= 0.6 is 15.9 Å². The molecule has 2 aromatic heterocycles. The van der Waals surface area contributed by atoms with E-state index in [2.05, 4.69) is 86.1 Å². The number of fused-ring (bicyclic) bond motifs is 11. The predicted molar refractivity (Wildman–Crippen MR) is 166 cm³/mol. The molecule has 1 unspecified atom stereocenters. The van der Waals surface area contributed by atoms with Crippen molar-refractivity contribution in [3.05, 3.63) is 117 Å². The first-order valence-corrected chi connectivity index (χ1v) is 14.4. The average Bonchev–Trinajstić information content (AvgIpc) is 3.59. The molecule has 0 amide bonds. The molecule has 40 heavy (non-hydrogen) atoms. The summed E-state index contributed by atoms with van der Waals surface area (Å²) in [5, 5.41) is 17.2. The fraction of sp³-hybridized carbons (Fsp3) is 0.167. The second-order valence-electron chi connectivity index (χ2n) is 12.0. The number of furan rings is 2. The minimum atomic E-state index is -1.38.